The third-order valence-electron chi connectivity index (χ3n) is 3.68. The second kappa shape index (κ2) is 9.35. The van der Waals surface area contributed by atoms with E-state index in [2.05, 4.69) is 10.3 Å². The summed E-state index contributed by atoms with van der Waals surface area (Å²) in [5.41, 5.74) is 2.21. The number of hydrogen-bond donors (Lipinski definition) is 1. The lowest BCUT2D eigenvalue weighted by atomic mass is 10.1. The number of halogens is 1. The molecule has 0 aromatic heterocycles. The zero-order chi connectivity index (χ0) is 18.4. The minimum Gasteiger partial charge on any atom is -0.497 e. The number of nitrogens with zero attached hydrogens (tertiary/aromatic N) is 2. The number of nitro groups is 1. The molecule has 0 unspecified atom stereocenters. The van der Waals surface area contributed by atoms with Gasteiger partial charge < -0.3 is 10.1 Å². The molecule has 0 radical (unpaired) electrons. The number of methoxy groups -OCH3 is 1. The lowest BCUT2D eigenvalue weighted by Gasteiger charge is -2.11. The molecule has 0 fully saturated rings. The van der Waals surface area contributed by atoms with Crippen molar-refractivity contribution in [2.75, 3.05) is 12.4 Å². The first kappa shape index (κ1) is 19.9. The fourth-order valence-electron chi connectivity index (χ4n) is 2.38. The van der Waals surface area contributed by atoms with Crippen molar-refractivity contribution in [1.29, 1.82) is 0 Å². The van der Waals surface area contributed by atoms with E-state index in [9.17, 15) is 10.1 Å². The smallest absolute Gasteiger partial charge is 0.271 e. The van der Waals surface area contributed by atoms with Gasteiger partial charge in [-0.15, -0.1) is 12.4 Å². The van der Waals surface area contributed by atoms with Crippen LogP contribution in [0.2, 0.25) is 0 Å². The average molecular weight is 384 g/mol. The largest absolute Gasteiger partial charge is 0.497 e. The Morgan fingerprint density at radius 3 is 2.33 bits per heavy atom. The van der Waals surface area contributed by atoms with Crippen LogP contribution in [0.5, 0.6) is 5.75 Å². The van der Waals surface area contributed by atoms with Crippen LogP contribution in [0.4, 0.5) is 17.1 Å². The SMILES string of the molecule is COc1ccc(C(=Nc2ccccc2)Nc2cccc([N+](=O)[O-])c2)cc1.Cl. The van der Waals surface area contributed by atoms with Crippen LogP contribution in [0.25, 0.3) is 0 Å². The van der Waals surface area contributed by atoms with Crippen LogP contribution in [-0.2, 0) is 0 Å². The molecule has 3 aromatic rings. The molecule has 1 N–H and O–H groups in total. The lowest BCUT2D eigenvalue weighted by molar-refractivity contribution is -0.384. The maximum atomic E-state index is 11.0. The zero-order valence-corrected chi connectivity index (χ0v) is 15.3. The Morgan fingerprint density at radius 1 is 1.00 bits per heavy atom. The molecule has 6 nitrogen and oxygen atoms in total. The van der Waals surface area contributed by atoms with Crippen LogP contribution in [0.3, 0.4) is 0 Å². The molecule has 0 heterocycles. The van der Waals surface area contributed by atoms with Crippen LogP contribution in [0, 0.1) is 10.1 Å². The number of aliphatic imine (C=N–C) groups is 1. The first-order valence-electron chi connectivity index (χ1n) is 7.95. The maximum absolute atomic E-state index is 11.0. The monoisotopic (exact) mass is 383 g/mol. The molecule has 0 aliphatic rings. The summed E-state index contributed by atoms with van der Waals surface area (Å²) in [6.07, 6.45) is 0. The van der Waals surface area contributed by atoms with Crippen molar-refractivity contribution < 1.29 is 9.66 Å². The van der Waals surface area contributed by atoms with Crippen molar-refractivity contribution in [1.82, 2.24) is 0 Å². The summed E-state index contributed by atoms with van der Waals surface area (Å²) in [4.78, 5) is 15.2. The summed E-state index contributed by atoms with van der Waals surface area (Å²) < 4.78 is 5.19. The molecular weight excluding hydrogens is 366 g/mol. The van der Waals surface area contributed by atoms with Crippen LogP contribution in [-0.4, -0.2) is 17.9 Å². The van der Waals surface area contributed by atoms with Gasteiger partial charge in [0.2, 0.25) is 0 Å². The number of para-hydroxylation sites is 1. The minimum atomic E-state index is -0.424. The Bertz CT molecular complexity index is 929. The van der Waals surface area contributed by atoms with Crippen molar-refractivity contribution in [3.8, 4) is 5.75 Å². The van der Waals surface area contributed by atoms with E-state index in [0.717, 1.165) is 17.0 Å². The number of non-ortho nitro benzene ring substituents is 1. The third kappa shape index (κ3) is 5.29. The van der Waals surface area contributed by atoms with Gasteiger partial charge in [-0.3, -0.25) is 10.1 Å². The number of nitro benzene ring substituents is 1. The van der Waals surface area contributed by atoms with Gasteiger partial charge in [-0.1, -0.05) is 24.3 Å². The molecule has 7 heteroatoms. The molecule has 0 bridgehead atoms. The van der Waals surface area contributed by atoms with Gasteiger partial charge in [0.1, 0.15) is 11.6 Å². The number of ether oxygens (including phenoxy) is 1. The van der Waals surface area contributed by atoms with Crippen molar-refractivity contribution in [3.05, 3.63) is 94.5 Å². The minimum absolute atomic E-state index is 0. The molecule has 138 valence electrons. The topological polar surface area (TPSA) is 76.8 Å². The Hall–Kier alpha value is -3.38. The summed E-state index contributed by atoms with van der Waals surface area (Å²) in [5, 5.41) is 14.2. The Kier molecular flexibility index (Phi) is 6.91. The lowest BCUT2D eigenvalue weighted by Crippen LogP contribution is -2.13. The molecule has 3 rings (SSSR count). The molecule has 0 spiro atoms. The number of amidine groups is 1. The molecule has 0 saturated carbocycles. The maximum Gasteiger partial charge on any atom is 0.271 e. The molecule has 0 atom stereocenters. The van der Waals surface area contributed by atoms with Gasteiger partial charge in [0, 0.05) is 23.4 Å². The van der Waals surface area contributed by atoms with E-state index < -0.39 is 4.92 Å². The van der Waals surface area contributed by atoms with E-state index in [1.807, 2.05) is 54.6 Å². The van der Waals surface area contributed by atoms with E-state index in [1.54, 1.807) is 19.2 Å². The zero-order valence-electron chi connectivity index (χ0n) is 14.5. The first-order chi connectivity index (χ1) is 12.7. The highest BCUT2D eigenvalue weighted by Crippen LogP contribution is 2.21. The number of nitrogens with one attached hydrogen (secondary N) is 1. The van der Waals surface area contributed by atoms with Gasteiger partial charge in [0.05, 0.1) is 17.7 Å². The van der Waals surface area contributed by atoms with E-state index in [-0.39, 0.29) is 18.1 Å². The highest BCUT2D eigenvalue weighted by molar-refractivity contribution is 6.09. The van der Waals surface area contributed by atoms with Crippen molar-refractivity contribution in [3.63, 3.8) is 0 Å². The number of anilines is 1. The molecule has 3 aromatic carbocycles. The average Bonchev–Trinajstić information content (AvgIpc) is 2.68. The first-order valence-corrected chi connectivity index (χ1v) is 7.95. The van der Waals surface area contributed by atoms with Gasteiger partial charge in [0.15, 0.2) is 0 Å². The van der Waals surface area contributed by atoms with Crippen LogP contribution in [0.1, 0.15) is 5.56 Å². The van der Waals surface area contributed by atoms with Gasteiger partial charge >= 0.3 is 0 Å². The standard InChI is InChI=1S/C20H17N3O3.ClH/c1-26-19-12-10-15(11-13-19)20(21-16-6-3-2-4-7-16)22-17-8-5-9-18(14-17)23(24)25;/h2-14H,1H3,(H,21,22);1H. The predicted octanol–water partition coefficient (Wildman–Crippen LogP) is 5.22. The Morgan fingerprint density at radius 2 is 1.70 bits per heavy atom. The summed E-state index contributed by atoms with van der Waals surface area (Å²) >= 11 is 0. The van der Waals surface area contributed by atoms with Crippen LogP contribution < -0.4 is 10.1 Å². The van der Waals surface area contributed by atoms with Gasteiger partial charge in [-0.2, -0.15) is 0 Å². The fourth-order valence-corrected chi connectivity index (χ4v) is 2.38. The number of hydrogen-bond acceptors (Lipinski definition) is 4. The van der Waals surface area contributed by atoms with E-state index >= 15 is 0 Å². The number of rotatable bonds is 5. The molecular formula is C20H18ClN3O3. The van der Waals surface area contributed by atoms with Crippen molar-refractivity contribution in [2.24, 2.45) is 4.99 Å². The third-order valence-corrected chi connectivity index (χ3v) is 3.68. The molecule has 0 aliphatic carbocycles. The molecule has 0 aliphatic heterocycles. The van der Waals surface area contributed by atoms with Gasteiger partial charge in [-0.25, -0.2) is 4.99 Å². The van der Waals surface area contributed by atoms with Crippen molar-refractivity contribution >= 4 is 35.3 Å². The molecule has 27 heavy (non-hydrogen) atoms. The normalized spacial score (nSPS) is 10.6. The summed E-state index contributed by atoms with van der Waals surface area (Å²) in [5.74, 6) is 1.32. The fraction of sp³-hybridized carbons (Fsp3) is 0.0500. The van der Waals surface area contributed by atoms with E-state index in [1.165, 1.54) is 12.1 Å². The summed E-state index contributed by atoms with van der Waals surface area (Å²) in [6.45, 7) is 0. The van der Waals surface area contributed by atoms with E-state index in [4.69, 9.17) is 4.74 Å². The summed E-state index contributed by atoms with van der Waals surface area (Å²) in [7, 11) is 1.61. The molecule has 0 saturated heterocycles. The summed E-state index contributed by atoms with van der Waals surface area (Å²) in [6, 6.07) is 23.3. The Balaban J connectivity index is 0.00000261. The number of benzene rings is 3. The highest BCUT2D eigenvalue weighted by Gasteiger charge is 2.09. The van der Waals surface area contributed by atoms with Crippen LogP contribution >= 0.6 is 12.4 Å². The highest BCUT2D eigenvalue weighted by atomic mass is 35.5. The van der Waals surface area contributed by atoms with E-state index in [0.29, 0.717) is 11.5 Å². The second-order valence-electron chi connectivity index (χ2n) is 5.46. The quantitative estimate of drug-likeness (QED) is 0.284. The Labute approximate surface area is 163 Å². The van der Waals surface area contributed by atoms with Gasteiger partial charge in [-0.05, 0) is 42.5 Å². The predicted molar refractivity (Wildman–Crippen MR) is 110 cm³/mol. The van der Waals surface area contributed by atoms with Crippen LogP contribution in [0.15, 0.2) is 83.9 Å². The van der Waals surface area contributed by atoms with Crippen molar-refractivity contribution in [2.45, 2.75) is 0 Å². The second-order valence-corrected chi connectivity index (χ2v) is 5.46. The van der Waals surface area contributed by atoms with Gasteiger partial charge in [0.25, 0.3) is 5.69 Å². The molecule has 0 amide bonds.